The first-order valence-electron chi connectivity index (χ1n) is 16.8. The molecule has 0 radical (unpaired) electrons. The Morgan fingerprint density at radius 3 is 2.48 bits per heavy atom. The van der Waals surface area contributed by atoms with Crippen LogP contribution in [0.25, 0.3) is 21.3 Å². The first-order valence-corrected chi connectivity index (χ1v) is 17.6. The number of aromatic nitrogens is 2. The Balaban J connectivity index is 1.12. The molecule has 2 N–H and O–H groups in total. The highest BCUT2D eigenvalue weighted by molar-refractivity contribution is 7.22. The monoisotopic (exact) mass is 730 g/mol. The molecule has 0 atom stereocenters. The normalized spacial score (nSPS) is 17.4. The van der Waals surface area contributed by atoms with Gasteiger partial charge < -0.3 is 24.3 Å². The summed E-state index contributed by atoms with van der Waals surface area (Å²) in [6.07, 6.45) is -1.69. The van der Waals surface area contributed by atoms with Crippen molar-refractivity contribution in [1.29, 1.82) is 0 Å². The minimum Gasteiger partial charge on any atom is -0.490 e. The molecule has 0 bridgehead atoms. The lowest BCUT2D eigenvalue weighted by atomic mass is 9.94. The third-order valence-corrected chi connectivity index (χ3v) is 10.3. The number of alkyl halides is 3. The number of amides is 1. The van der Waals surface area contributed by atoms with Gasteiger partial charge in [-0.2, -0.15) is 13.2 Å². The van der Waals surface area contributed by atoms with Crippen molar-refractivity contribution in [2.75, 3.05) is 23.4 Å². The van der Waals surface area contributed by atoms with Crippen molar-refractivity contribution >= 4 is 50.7 Å². The molecule has 1 saturated carbocycles. The van der Waals surface area contributed by atoms with Gasteiger partial charge in [0.1, 0.15) is 24.5 Å². The molecule has 7 rings (SSSR count). The second-order valence-electron chi connectivity index (χ2n) is 12.6. The maximum atomic E-state index is 14.5. The van der Waals surface area contributed by atoms with Crippen LogP contribution in [0.4, 0.5) is 24.1 Å². The lowest BCUT2D eigenvalue weighted by Gasteiger charge is -2.31. The number of nitrogens with zero attached hydrogens (tertiary/aromatic N) is 3. The number of halogens is 3. The van der Waals surface area contributed by atoms with Crippen LogP contribution in [0.3, 0.4) is 0 Å². The number of aldehydes is 1. The van der Waals surface area contributed by atoms with Crippen LogP contribution in [0, 0.1) is 0 Å². The van der Waals surface area contributed by atoms with Crippen molar-refractivity contribution in [2.24, 2.45) is 0 Å². The van der Waals surface area contributed by atoms with Crippen molar-refractivity contribution in [2.45, 2.75) is 57.0 Å². The Labute approximate surface area is 300 Å². The van der Waals surface area contributed by atoms with E-state index in [0.717, 1.165) is 27.4 Å². The SMILES string of the molecule is O=CCOC1CCC(Oc2ccc(-c3ccc(N4CCc5cccc(C(=O)Nc6nc7ccccc7s6)c5C4)nc3C(=O)O)c(C(F)(F)F)c2)CC1. The molecule has 268 valence electrons. The summed E-state index contributed by atoms with van der Waals surface area (Å²) in [6.45, 7) is 0.681. The number of aromatic carboxylic acids is 1. The quantitative estimate of drug-likeness (QED) is 0.138. The maximum absolute atomic E-state index is 14.5. The minimum atomic E-state index is -4.82. The molecule has 3 heterocycles. The van der Waals surface area contributed by atoms with Gasteiger partial charge in [0.25, 0.3) is 5.91 Å². The van der Waals surface area contributed by atoms with E-state index >= 15 is 0 Å². The molecule has 0 saturated heterocycles. The number of carbonyl (C=O) groups is 3. The van der Waals surface area contributed by atoms with Crippen LogP contribution in [0.1, 0.15) is 63.2 Å². The average Bonchev–Trinajstić information content (AvgIpc) is 3.56. The van der Waals surface area contributed by atoms with Gasteiger partial charge in [-0.1, -0.05) is 41.7 Å². The van der Waals surface area contributed by atoms with Gasteiger partial charge in [0.05, 0.1) is 28.0 Å². The summed E-state index contributed by atoms with van der Waals surface area (Å²) in [5.41, 5.74) is 0.825. The number of fused-ring (bicyclic) bond motifs is 2. The fourth-order valence-corrected chi connectivity index (χ4v) is 7.70. The van der Waals surface area contributed by atoms with Crippen LogP contribution in [0.2, 0.25) is 0 Å². The molecule has 3 aromatic carbocycles. The van der Waals surface area contributed by atoms with E-state index in [1.54, 1.807) is 6.07 Å². The molecule has 1 fully saturated rings. The molecule has 5 aromatic rings. The molecule has 2 aromatic heterocycles. The van der Waals surface area contributed by atoms with E-state index in [0.29, 0.717) is 55.6 Å². The summed E-state index contributed by atoms with van der Waals surface area (Å²) in [6, 6.07) is 19.4. The molecule has 2 aliphatic rings. The van der Waals surface area contributed by atoms with Crippen LogP contribution in [-0.4, -0.2) is 58.6 Å². The van der Waals surface area contributed by atoms with Crippen molar-refractivity contribution in [3.63, 3.8) is 0 Å². The molecule has 1 aliphatic heterocycles. The summed E-state index contributed by atoms with van der Waals surface area (Å²) in [7, 11) is 0. The van der Waals surface area contributed by atoms with Gasteiger partial charge in [-0.15, -0.1) is 0 Å². The highest BCUT2D eigenvalue weighted by Gasteiger charge is 2.36. The molecule has 0 spiro atoms. The smallest absolute Gasteiger partial charge is 0.417 e. The van der Waals surface area contributed by atoms with Gasteiger partial charge in [-0.3, -0.25) is 10.1 Å². The van der Waals surface area contributed by atoms with E-state index in [1.165, 1.54) is 35.6 Å². The third kappa shape index (κ3) is 7.48. The Kier molecular flexibility index (Phi) is 9.93. The standard InChI is InChI=1S/C38H33F3N4O6S/c39-38(40,41)30-20-25(51-24-10-8-23(9-11-24)50-19-18-46)12-13-26(30)27-14-15-33(43-34(27)36(48)49)45-17-16-22-4-3-5-28(29(22)21-45)35(47)44-37-42-31-6-1-2-7-32(31)52-37/h1-7,12-15,18,20,23-24H,8-11,16-17,19,21H2,(H,48,49)(H,42,44,47). The predicted molar refractivity (Wildman–Crippen MR) is 189 cm³/mol. The molecule has 1 aliphatic carbocycles. The van der Waals surface area contributed by atoms with Crippen LogP contribution in [0.15, 0.2) is 72.8 Å². The summed E-state index contributed by atoms with van der Waals surface area (Å²) in [5.74, 6) is -1.54. The Morgan fingerprint density at radius 1 is 0.962 bits per heavy atom. The first-order chi connectivity index (χ1) is 25.1. The third-order valence-electron chi connectivity index (χ3n) is 9.35. The van der Waals surface area contributed by atoms with Gasteiger partial charge in [-0.05, 0) is 91.3 Å². The highest BCUT2D eigenvalue weighted by Crippen LogP contribution is 2.41. The van der Waals surface area contributed by atoms with Crippen molar-refractivity contribution in [1.82, 2.24) is 9.97 Å². The molecular weight excluding hydrogens is 698 g/mol. The number of hydrogen-bond acceptors (Lipinski definition) is 9. The average molecular weight is 731 g/mol. The van der Waals surface area contributed by atoms with E-state index < -0.39 is 23.4 Å². The van der Waals surface area contributed by atoms with E-state index in [1.807, 2.05) is 41.3 Å². The van der Waals surface area contributed by atoms with Crippen LogP contribution in [-0.2, 0) is 28.7 Å². The van der Waals surface area contributed by atoms with Crippen molar-refractivity contribution < 1.29 is 42.1 Å². The summed E-state index contributed by atoms with van der Waals surface area (Å²) in [4.78, 5) is 47.3. The summed E-state index contributed by atoms with van der Waals surface area (Å²) >= 11 is 1.36. The second-order valence-corrected chi connectivity index (χ2v) is 13.7. The number of carboxylic acids is 1. The Hall–Kier alpha value is -5.34. The van der Waals surface area contributed by atoms with Gasteiger partial charge in [0.15, 0.2) is 10.8 Å². The lowest BCUT2D eigenvalue weighted by molar-refractivity contribution is -0.137. The van der Waals surface area contributed by atoms with Gasteiger partial charge >= 0.3 is 12.1 Å². The number of thiazole rings is 1. The van der Waals surface area contributed by atoms with Crippen molar-refractivity contribution in [3.8, 4) is 16.9 Å². The van der Waals surface area contributed by atoms with Crippen molar-refractivity contribution in [3.05, 3.63) is 101 Å². The van der Waals surface area contributed by atoms with Gasteiger partial charge in [-0.25, -0.2) is 14.8 Å². The zero-order valence-electron chi connectivity index (χ0n) is 27.7. The number of anilines is 2. The number of carbonyl (C=O) groups excluding carboxylic acids is 2. The van der Waals surface area contributed by atoms with E-state index in [-0.39, 0.29) is 54.0 Å². The zero-order valence-corrected chi connectivity index (χ0v) is 28.5. The Bertz CT molecular complexity index is 2110. The minimum absolute atomic E-state index is 0.00111. The number of benzene rings is 3. The lowest BCUT2D eigenvalue weighted by Crippen LogP contribution is -2.33. The number of rotatable bonds is 10. The molecule has 0 unspecified atom stereocenters. The summed E-state index contributed by atoms with van der Waals surface area (Å²) < 4.78 is 55.8. The van der Waals surface area contributed by atoms with E-state index in [2.05, 4.69) is 15.3 Å². The van der Waals surface area contributed by atoms with E-state index in [9.17, 15) is 32.7 Å². The molecule has 10 nitrogen and oxygen atoms in total. The molecule has 52 heavy (non-hydrogen) atoms. The highest BCUT2D eigenvalue weighted by atomic mass is 32.1. The summed E-state index contributed by atoms with van der Waals surface area (Å²) in [5, 5.41) is 13.5. The molecule has 1 amide bonds. The van der Waals surface area contributed by atoms with Gasteiger partial charge in [0.2, 0.25) is 0 Å². The fourth-order valence-electron chi connectivity index (χ4n) is 6.84. The number of nitrogens with one attached hydrogen (secondary N) is 1. The number of para-hydroxylation sites is 1. The number of ether oxygens (including phenoxy) is 2. The largest absolute Gasteiger partial charge is 0.490 e. The molecular formula is C38H33F3N4O6S. The second kappa shape index (κ2) is 14.7. The zero-order chi connectivity index (χ0) is 36.4. The topological polar surface area (TPSA) is 131 Å². The van der Waals surface area contributed by atoms with Gasteiger partial charge in [0, 0.05) is 24.2 Å². The first kappa shape index (κ1) is 35.1. The molecule has 14 heteroatoms. The number of carboxylic acid groups (broad SMARTS) is 1. The Morgan fingerprint density at radius 2 is 1.73 bits per heavy atom. The van der Waals surface area contributed by atoms with Crippen LogP contribution in [0.5, 0.6) is 5.75 Å². The number of pyridine rings is 1. The van der Waals surface area contributed by atoms with Crippen LogP contribution >= 0.6 is 11.3 Å². The predicted octanol–water partition coefficient (Wildman–Crippen LogP) is 7.80. The maximum Gasteiger partial charge on any atom is 0.417 e. The fraction of sp³-hybridized carbons (Fsp3) is 0.289. The van der Waals surface area contributed by atoms with E-state index in [4.69, 9.17) is 9.47 Å². The van der Waals surface area contributed by atoms with Crippen LogP contribution < -0.4 is 15.0 Å². The number of hydrogen-bond donors (Lipinski definition) is 2.